The molecule has 1 aliphatic heterocycles. The van der Waals surface area contributed by atoms with Crippen LogP contribution < -0.4 is 10.1 Å². The number of hydrogen-bond acceptors (Lipinski definition) is 4. The molecule has 3 rings (SSSR count). The number of aromatic nitrogens is 2. The maximum absolute atomic E-state index is 11.4. The number of ether oxygens (including phenoxy) is 1. The van der Waals surface area contributed by atoms with E-state index in [-0.39, 0.29) is 5.12 Å². The molecule has 0 saturated heterocycles. The number of carbonyl (C=O) groups excluding carboxylic acids is 1. The number of carbonyl (C=O) groups is 1. The molecule has 2 N–H and O–H groups in total. The summed E-state index contributed by atoms with van der Waals surface area (Å²) in [5, 5.41) is 3.68. The van der Waals surface area contributed by atoms with Crippen LogP contribution in [-0.2, 0) is 0 Å². The Morgan fingerprint density at radius 3 is 3.25 bits per heavy atom. The second-order valence-electron chi connectivity index (χ2n) is 3.50. The van der Waals surface area contributed by atoms with Crippen molar-refractivity contribution < 1.29 is 9.53 Å². The Balaban J connectivity index is 2.35. The lowest BCUT2D eigenvalue weighted by molar-refractivity contribution is 0.109. The van der Waals surface area contributed by atoms with Gasteiger partial charge in [-0.05, 0) is 0 Å². The van der Waals surface area contributed by atoms with Crippen LogP contribution in [0.15, 0.2) is 12.4 Å². The van der Waals surface area contributed by atoms with Crippen molar-refractivity contribution in [1.29, 1.82) is 0 Å². The largest absolute Gasteiger partial charge is 0.488 e. The van der Waals surface area contributed by atoms with Gasteiger partial charge in [-0.3, -0.25) is 4.79 Å². The highest BCUT2D eigenvalue weighted by molar-refractivity contribution is 7.97. The molecule has 0 bridgehead atoms. The van der Waals surface area contributed by atoms with Crippen LogP contribution in [0.2, 0.25) is 0 Å². The summed E-state index contributed by atoms with van der Waals surface area (Å²) in [7, 11) is 0. The number of pyridine rings is 1. The normalized spacial score (nSPS) is 14.1. The number of nitrogens with zero attached hydrogens (tertiary/aromatic N) is 1. The van der Waals surface area contributed by atoms with Gasteiger partial charge in [0.05, 0.1) is 22.8 Å². The molecule has 6 heteroatoms. The molecule has 0 radical (unpaired) electrons. The SMILES string of the molecule is O=C(S)c1c[nH]c2ncc3c(c12)NCCO3. The van der Waals surface area contributed by atoms with Crippen LogP contribution in [0.1, 0.15) is 10.4 Å². The fourth-order valence-corrected chi connectivity index (χ4v) is 2.05. The summed E-state index contributed by atoms with van der Waals surface area (Å²) in [5.74, 6) is 0.675. The highest BCUT2D eigenvalue weighted by Crippen LogP contribution is 2.35. The van der Waals surface area contributed by atoms with E-state index in [2.05, 4.69) is 27.9 Å². The highest BCUT2D eigenvalue weighted by Gasteiger charge is 2.19. The summed E-state index contributed by atoms with van der Waals surface area (Å²) < 4.78 is 5.46. The van der Waals surface area contributed by atoms with E-state index in [0.717, 1.165) is 17.6 Å². The minimum Gasteiger partial charge on any atom is -0.488 e. The van der Waals surface area contributed by atoms with Crippen LogP contribution in [0, 0.1) is 0 Å². The zero-order valence-electron chi connectivity index (χ0n) is 8.28. The van der Waals surface area contributed by atoms with Crippen LogP contribution in [0.3, 0.4) is 0 Å². The summed E-state index contributed by atoms with van der Waals surface area (Å²) in [6.45, 7) is 1.33. The average molecular weight is 235 g/mol. The third kappa shape index (κ3) is 1.26. The molecule has 0 aliphatic carbocycles. The number of fused-ring (bicyclic) bond motifs is 3. The van der Waals surface area contributed by atoms with Crippen molar-refractivity contribution in [3.63, 3.8) is 0 Å². The molecular formula is C10H9N3O2S. The predicted octanol–water partition coefficient (Wildman–Crippen LogP) is 1.44. The van der Waals surface area contributed by atoms with Crippen molar-refractivity contribution in [2.45, 2.75) is 0 Å². The molecule has 5 nitrogen and oxygen atoms in total. The molecule has 0 spiro atoms. The molecule has 1 aliphatic rings. The van der Waals surface area contributed by atoms with E-state index in [0.29, 0.717) is 23.6 Å². The number of rotatable bonds is 1. The summed E-state index contributed by atoms with van der Waals surface area (Å²) in [6, 6.07) is 0. The van der Waals surface area contributed by atoms with E-state index in [9.17, 15) is 4.79 Å². The molecule has 3 heterocycles. The van der Waals surface area contributed by atoms with Gasteiger partial charge in [0.15, 0.2) is 5.75 Å². The summed E-state index contributed by atoms with van der Waals surface area (Å²) >= 11 is 3.84. The van der Waals surface area contributed by atoms with Crippen molar-refractivity contribution in [3.05, 3.63) is 18.0 Å². The molecule has 0 amide bonds. The Kier molecular flexibility index (Phi) is 2.03. The Morgan fingerprint density at radius 2 is 2.44 bits per heavy atom. The summed E-state index contributed by atoms with van der Waals surface area (Å²) in [4.78, 5) is 18.5. The van der Waals surface area contributed by atoms with Crippen molar-refractivity contribution in [2.24, 2.45) is 0 Å². The Bertz CT molecular complexity index is 579. The van der Waals surface area contributed by atoms with Crippen LogP contribution in [0.5, 0.6) is 5.75 Å². The second-order valence-corrected chi connectivity index (χ2v) is 3.91. The van der Waals surface area contributed by atoms with Crippen molar-refractivity contribution >= 4 is 34.5 Å². The Labute approximate surface area is 96.6 Å². The first-order chi connectivity index (χ1) is 7.77. The lowest BCUT2D eigenvalue weighted by atomic mass is 10.2. The van der Waals surface area contributed by atoms with Crippen LogP contribution in [0.4, 0.5) is 5.69 Å². The standard InChI is InChI=1S/C10H9N3O2S/c14-10(16)5-3-12-9-7(5)8-6(4-13-9)15-2-1-11-8/h3-4,11H,1-2H2,(H,12,13)(H,14,16). The zero-order valence-corrected chi connectivity index (χ0v) is 9.17. The van der Waals surface area contributed by atoms with Gasteiger partial charge in [0.2, 0.25) is 5.12 Å². The van der Waals surface area contributed by atoms with Crippen LogP contribution >= 0.6 is 12.6 Å². The summed E-state index contributed by atoms with van der Waals surface area (Å²) in [6.07, 6.45) is 3.26. The first kappa shape index (κ1) is 9.53. The van der Waals surface area contributed by atoms with Crippen LogP contribution in [0.25, 0.3) is 11.0 Å². The molecule has 16 heavy (non-hydrogen) atoms. The van der Waals surface area contributed by atoms with E-state index in [1.807, 2.05) is 0 Å². The lowest BCUT2D eigenvalue weighted by Gasteiger charge is -2.19. The number of thiol groups is 1. The monoisotopic (exact) mass is 235 g/mol. The Hall–Kier alpha value is -1.69. The van der Waals surface area contributed by atoms with Gasteiger partial charge >= 0.3 is 0 Å². The Morgan fingerprint density at radius 1 is 1.56 bits per heavy atom. The molecular weight excluding hydrogens is 226 g/mol. The number of H-pyrrole nitrogens is 1. The quantitative estimate of drug-likeness (QED) is 0.654. The van der Waals surface area contributed by atoms with Gasteiger partial charge in [-0.1, -0.05) is 0 Å². The van der Waals surface area contributed by atoms with Gasteiger partial charge in [-0.2, -0.15) is 0 Å². The minimum absolute atomic E-state index is 0.283. The molecule has 0 atom stereocenters. The van der Waals surface area contributed by atoms with Crippen molar-refractivity contribution in [3.8, 4) is 5.75 Å². The highest BCUT2D eigenvalue weighted by atomic mass is 32.1. The maximum atomic E-state index is 11.4. The van der Waals surface area contributed by atoms with Gasteiger partial charge in [0.25, 0.3) is 0 Å². The molecule has 0 aromatic carbocycles. The third-order valence-corrected chi connectivity index (χ3v) is 2.80. The smallest absolute Gasteiger partial charge is 0.218 e. The fraction of sp³-hybridized carbons (Fsp3) is 0.200. The van der Waals surface area contributed by atoms with Crippen molar-refractivity contribution in [1.82, 2.24) is 9.97 Å². The van der Waals surface area contributed by atoms with Crippen LogP contribution in [-0.4, -0.2) is 28.2 Å². The maximum Gasteiger partial charge on any atom is 0.218 e. The number of hydrogen-bond donors (Lipinski definition) is 3. The lowest BCUT2D eigenvalue weighted by Crippen LogP contribution is -2.18. The molecule has 2 aromatic rings. The van der Waals surface area contributed by atoms with E-state index >= 15 is 0 Å². The number of aromatic amines is 1. The van der Waals surface area contributed by atoms with Gasteiger partial charge in [0.1, 0.15) is 12.3 Å². The van der Waals surface area contributed by atoms with Gasteiger partial charge < -0.3 is 15.0 Å². The topological polar surface area (TPSA) is 67.0 Å². The molecule has 0 unspecified atom stereocenters. The third-order valence-electron chi connectivity index (χ3n) is 2.56. The molecule has 82 valence electrons. The number of nitrogens with one attached hydrogen (secondary N) is 2. The number of anilines is 1. The first-order valence-corrected chi connectivity index (χ1v) is 5.32. The molecule has 0 saturated carbocycles. The van der Waals surface area contributed by atoms with E-state index in [1.54, 1.807) is 12.4 Å². The minimum atomic E-state index is -0.283. The van der Waals surface area contributed by atoms with Gasteiger partial charge in [-0.25, -0.2) is 4.98 Å². The average Bonchev–Trinajstić information content (AvgIpc) is 2.73. The van der Waals surface area contributed by atoms with E-state index < -0.39 is 0 Å². The van der Waals surface area contributed by atoms with Crippen molar-refractivity contribution in [2.75, 3.05) is 18.5 Å². The zero-order chi connectivity index (χ0) is 11.1. The fourth-order valence-electron chi connectivity index (χ4n) is 1.87. The first-order valence-electron chi connectivity index (χ1n) is 4.87. The summed E-state index contributed by atoms with van der Waals surface area (Å²) in [5.41, 5.74) is 1.99. The molecule has 0 fully saturated rings. The predicted molar refractivity (Wildman–Crippen MR) is 63.4 cm³/mol. The van der Waals surface area contributed by atoms with E-state index in [4.69, 9.17) is 4.74 Å². The molecule has 2 aromatic heterocycles. The van der Waals surface area contributed by atoms with Gasteiger partial charge in [0, 0.05) is 12.7 Å². The van der Waals surface area contributed by atoms with Gasteiger partial charge in [-0.15, -0.1) is 12.6 Å². The second kappa shape index (κ2) is 3.41. The van der Waals surface area contributed by atoms with E-state index in [1.165, 1.54) is 0 Å².